The van der Waals surface area contributed by atoms with E-state index in [0.717, 1.165) is 0 Å². The van der Waals surface area contributed by atoms with Gasteiger partial charge in [-0.25, -0.2) is 14.2 Å². The van der Waals surface area contributed by atoms with E-state index in [9.17, 15) is 9.18 Å². The second kappa shape index (κ2) is 5.42. The molecule has 0 spiro atoms. The maximum Gasteiger partial charge on any atom is 0.337 e. The number of rotatable bonds is 3. The summed E-state index contributed by atoms with van der Waals surface area (Å²) in [5.74, 6) is -1.43. The Bertz CT molecular complexity index is 650. The molecule has 1 aromatic carbocycles. The normalized spacial score (nSPS) is 10.3. The Morgan fingerprint density at radius 3 is 2.63 bits per heavy atom. The van der Waals surface area contributed by atoms with Crippen molar-refractivity contribution in [3.8, 4) is 0 Å². The van der Waals surface area contributed by atoms with E-state index in [0.29, 0.717) is 5.69 Å². The van der Waals surface area contributed by atoms with Crippen molar-refractivity contribution in [3.63, 3.8) is 0 Å². The first-order chi connectivity index (χ1) is 8.97. The van der Waals surface area contributed by atoms with Gasteiger partial charge < -0.3 is 10.4 Å². The van der Waals surface area contributed by atoms with Gasteiger partial charge in [0, 0.05) is 11.9 Å². The van der Waals surface area contributed by atoms with Gasteiger partial charge in [-0.1, -0.05) is 23.2 Å². The van der Waals surface area contributed by atoms with Crippen molar-refractivity contribution in [1.82, 2.24) is 4.98 Å². The lowest BCUT2D eigenvalue weighted by molar-refractivity contribution is 0.0697. The van der Waals surface area contributed by atoms with E-state index < -0.39 is 11.8 Å². The molecule has 0 amide bonds. The Morgan fingerprint density at radius 2 is 2.00 bits per heavy atom. The number of carbonyl (C=O) groups is 1. The van der Waals surface area contributed by atoms with Crippen molar-refractivity contribution in [2.75, 3.05) is 5.32 Å². The van der Waals surface area contributed by atoms with E-state index >= 15 is 0 Å². The van der Waals surface area contributed by atoms with Crippen molar-refractivity contribution in [2.45, 2.75) is 0 Å². The molecular formula is C12H7Cl2FN2O2. The third-order valence-electron chi connectivity index (χ3n) is 2.28. The second-order valence-electron chi connectivity index (χ2n) is 3.61. The number of nitrogens with one attached hydrogen (secondary N) is 1. The molecule has 0 fully saturated rings. The zero-order chi connectivity index (χ0) is 14.0. The molecule has 4 nitrogen and oxygen atoms in total. The van der Waals surface area contributed by atoms with E-state index in [4.69, 9.17) is 28.3 Å². The second-order valence-corrected chi connectivity index (χ2v) is 4.42. The summed E-state index contributed by atoms with van der Waals surface area (Å²) in [6.07, 6.45) is 1.22. The number of anilines is 2. The van der Waals surface area contributed by atoms with Crippen LogP contribution in [0.3, 0.4) is 0 Å². The predicted molar refractivity (Wildman–Crippen MR) is 70.9 cm³/mol. The lowest BCUT2D eigenvalue weighted by Gasteiger charge is -2.07. The minimum absolute atomic E-state index is 0.0372. The number of benzene rings is 1. The summed E-state index contributed by atoms with van der Waals surface area (Å²) in [6.45, 7) is 0. The summed E-state index contributed by atoms with van der Waals surface area (Å²) in [6, 6.07) is 5.30. The number of pyridine rings is 1. The molecule has 7 heteroatoms. The summed E-state index contributed by atoms with van der Waals surface area (Å²) < 4.78 is 13.0. The molecule has 2 rings (SSSR count). The maximum atomic E-state index is 13.0. The van der Waals surface area contributed by atoms with Crippen LogP contribution in [0.5, 0.6) is 0 Å². The van der Waals surface area contributed by atoms with Gasteiger partial charge in [0.15, 0.2) is 0 Å². The molecule has 0 bridgehead atoms. The summed E-state index contributed by atoms with van der Waals surface area (Å²) in [7, 11) is 0. The number of halogens is 3. The number of hydrogen-bond acceptors (Lipinski definition) is 3. The number of aromatic carboxylic acids is 1. The highest BCUT2D eigenvalue weighted by Crippen LogP contribution is 2.24. The van der Waals surface area contributed by atoms with Gasteiger partial charge in [-0.3, -0.25) is 0 Å². The van der Waals surface area contributed by atoms with Crippen molar-refractivity contribution in [2.24, 2.45) is 0 Å². The fourth-order valence-electron chi connectivity index (χ4n) is 1.39. The molecule has 0 aliphatic heterocycles. The van der Waals surface area contributed by atoms with Gasteiger partial charge in [-0.15, -0.1) is 0 Å². The minimum atomic E-state index is -1.16. The number of carboxylic acids is 1. The van der Waals surface area contributed by atoms with Crippen LogP contribution >= 0.6 is 23.2 Å². The molecule has 98 valence electrons. The Balaban J connectivity index is 2.30. The topological polar surface area (TPSA) is 62.2 Å². The van der Waals surface area contributed by atoms with Gasteiger partial charge in [0.2, 0.25) is 0 Å². The lowest BCUT2D eigenvalue weighted by atomic mass is 10.2. The van der Waals surface area contributed by atoms with Crippen LogP contribution in [0.4, 0.5) is 15.9 Å². The summed E-state index contributed by atoms with van der Waals surface area (Å²) in [5.41, 5.74) is 0.407. The fraction of sp³-hybridized carbons (Fsp3) is 0. The molecule has 0 radical (unpaired) electrons. The zero-order valence-corrected chi connectivity index (χ0v) is 10.8. The van der Waals surface area contributed by atoms with Crippen LogP contribution in [0.1, 0.15) is 10.4 Å². The van der Waals surface area contributed by atoms with Gasteiger partial charge in [0.25, 0.3) is 0 Å². The molecule has 0 saturated carbocycles. The van der Waals surface area contributed by atoms with Crippen LogP contribution in [0.15, 0.2) is 30.5 Å². The van der Waals surface area contributed by atoms with Crippen molar-refractivity contribution in [1.29, 1.82) is 0 Å². The molecule has 0 atom stereocenters. The first-order valence-electron chi connectivity index (χ1n) is 5.08. The molecule has 2 aromatic rings. The molecule has 0 unspecified atom stereocenters. The zero-order valence-electron chi connectivity index (χ0n) is 9.32. The van der Waals surface area contributed by atoms with Gasteiger partial charge in [-0.05, 0) is 24.3 Å². The van der Waals surface area contributed by atoms with Crippen LogP contribution in [0.2, 0.25) is 10.0 Å². The highest BCUT2D eigenvalue weighted by molar-refractivity contribution is 6.33. The largest absolute Gasteiger partial charge is 0.478 e. The van der Waals surface area contributed by atoms with Crippen LogP contribution < -0.4 is 5.32 Å². The third kappa shape index (κ3) is 3.13. The minimum Gasteiger partial charge on any atom is -0.478 e. The monoisotopic (exact) mass is 300 g/mol. The van der Waals surface area contributed by atoms with Gasteiger partial charge in [0.05, 0.1) is 15.6 Å². The Hall–Kier alpha value is -1.85. The van der Waals surface area contributed by atoms with E-state index in [1.807, 2.05) is 0 Å². The maximum absolute atomic E-state index is 13.0. The Labute approximate surface area is 117 Å². The molecule has 0 aliphatic carbocycles. The summed E-state index contributed by atoms with van der Waals surface area (Å²) in [4.78, 5) is 14.8. The van der Waals surface area contributed by atoms with Gasteiger partial charge in [0.1, 0.15) is 11.6 Å². The summed E-state index contributed by atoms with van der Waals surface area (Å²) in [5, 5.41) is 11.7. The van der Waals surface area contributed by atoms with Crippen LogP contribution in [-0.2, 0) is 0 Å². The molecule has 1 heterocycles. The van der Waals surface area contributed by atoms with Gasteiger partial charge in [-0.2, -0.15) is 0 Å². The van der Waals surface area contributed by atoms with E-state index in [1.165, 1.54) is 30.5 Å². The molecular weight excluding hydrogens is 294 g/mol. The SMILES string of the molecule is O=C(O)c1cc(Nc2ccc(F)c(Cl)c2)ncc1Cl. The smallest absolute Gasteiger partial charge is 0.337 e. The average Bonchev–Trinajstić information content (AvgIpc) is 2.36. The fourth-order valence-corrected chi connectivity index (χ4v) is 1.76. The van der Waals surface area contributed by atoms with Crippen LogP contribution in [-0.4, -0.2) is 16.1 Å². The lowest BCUT2D eigenvalue weighted by Crippen LogP contribution is -2.01. The van der Waals surface area contributed by atoms with Crippen molar-refractivity contribution < 1.29 is 14.3 Å². The standard InChI is InChI=1S/C12H7Cl2FN2O2/c13-8-3-6(1-2-10(8)15)17-11-4-7(12(18)19)9(14)5-16-11/h1-5H,(H,16,17)(H,18,19). The number of nitrogens with zero attached hydrogens (tertiary/aromatic N) is 1. The highest BCUT2D eigenvalue weighted by Gasteiger charge is 2.10. The van der Waals surface area contributed by atoms with Crippen LogP contribution in [0.25, 0.3) is 0 Å². The number of carboxylic acid groups (broad SMARTS) is 1. The highest BCUT2D eigenvalue weighted by atomic mass is 35.5. The van der Waals surface area contributed by atoms with Gasteiger partial charge >= 0.3 is 5.97 Å². The molecule has 2 N–H and O–H groups in total. The number of aromatic nitrogens is 1. The quantitative estimate of drug-likeness (QED) is 0.900. The third-order valence-corrected chi connectivity index (χ3v) is 2.87. The van der Waals surface area contributed by atoms with E-state index in [2.05, 4.69) is 10.3 Å². The molecule has 1 aromatic heterocycles. The first kappa shape index (κ1) is 13.6. The Kier molecular flexibility index (Phi) is 3.87. The Morgan fingerprint density at radius 1 is 1.26 bits per heavy atom. The van der Waals surface area contributed by atoms with E-state index in [1.54, 1.807) is 0 Å². The summed E-state index contributed by atoms with van der Waals surface area (Å²) >= 11 is 11.3. The molecule has 0 aliphatic rings. The van der Waals surface area contributed by atoms with Crippen molar-refractivity contribution >= 4 is 40.7 Å². The predicted octanol–water partition coefficient (Wildman–Crippen LogP) is 3.97. The van der Waals surface area contributed by atoms with Crippen LogP contribution in [0, 0.1) is 5.82 Å². The average molecular weight is 301 g/mol. The van der Waals surface area contributed by atoms with Crippen molar-refractivity contribution in [3.05, 3.63) is 51.9 Å². The first-order valence-corrected chi connectivity index (χ1v) is 5.84. The molecule has 0 saturated heterocycles. The van der Waals surface area contributed by atoms with E-state index in [-0.39, 0.29) is 21.4 Å². The number of hydrogen-bond donors (Lipinski definition) is 2. The molecule has 19 heavy (non-hydrogen) atoms.